The van der Waals surface area contributed by atoms with E-state index in [2.05, 4.69) is 39.8 Å². The second-order valence-electron chi connectivity index (χ2n) is 3.43. The Bertz CT molecular complexity index is 103. The van der Waals surface area contributed by atoms with E-state index in [1.54, 1.807) is 0 Å². The zero-order chi connectivity index (χ0) is 7.56. The molecule has 1 aliphatic heterocycles. The van der Waals surface area contributed by atoms with Gasteiger partial charge in [0.25, 0.3) is 0 Å². The predicted molar refractivity (Wildman–Crippen MR) is 53.2 cm³/mol. The maximum absolute atomic E-state index is 2.48. The number of halogens is 1. The van der Waals surface area contributed by atoms with Crippen molar-refractivity contribution in [2.24, 2.45) is 5.92 Å². The van der Waals surface area contributed by atoms with Gasteiger partial charge < -0.3 is 0 Å². The molecule has 60 valence electrons. The summed E-state index contributed by atoms with van der Waals surface area (Å²) in [5.74, 6) is 0.831. The average molecular weight is 253 g/mol. The minimum atomic E-state index is 0.831. The number of rotatable bonds is 1. The van der Waals surface area contributed by atoms with Crippen LogP contribution in [0.5, 0.6) is 0 Å². The summed E-state index contributed by atoms with van der Waals surface area (Å²) >= 11 is 2.47. The molecule has 2 heteroatoms. The molecule has 1 saturated heterocycles. The van der Waals surface area contributed by atoms with Crippen molar-refractivity contribution in [2.45, 2.75) is 39.2 Å². The fourth-order valence-electron chi connectivity index (χ4n) is 1.58. The van der Waals surface area contributed by atoms with Crippen molar-refractivity contribution < 1.29 is 0 Å². The van der Waals surface area contributed by atoms with Crippen LogP contribution in [0.15, 0.2) is 0 Å². The van der Waals surface area contributed by atoms with Gasteiger partial charge in [0.15, 0.2) is 0 Å². The molecule has 0 aliphatic carbocycles. The van der Waals surface area contributed by atoms with Crippen molar-refractivity contribution in [3.05, 3.63) is 0 Å². The monoisotopic (exact) mass is 253 g/mol. The van der Waals surface area contributed by atoms with Gasteiger partial charge in [0.1, 0.15) is 0 Å². The van der Waals surface area contributed by atoms with E-state index in [1.165, 1.54) is 25.8 Å². The Morgan fingerprint density at radius 1 is 1.40 bits per heavy atom. The number of nitrogens with zero attached hydrogens (tertiary/aromatic N) is 1. The third-order valence-corrected chi connectivity index (χ3v) is 3.45. The van der Waals surface area contributed by atoms with Crippen LogP contribution in [0.4, 0.5) is 0 Å². The molecule has 1 heterocycles. The topological polar surface area (TPSA) is 3.24 Å². The summed E-state index contributed by atoms with van der Waals surface area (Å²) in [4.78, 5) is 0. The highest BCUT2D eigenvalue weighted by Gasteiger charge is 2.22. The molecule has 0 amide bonds. The summed E-state index contributed by atoms with van der Waals surface area (Å²) in [6, 6.07) is 0.842. The van der Waals surface area contributed by atoms with Gasteiger partial charge in [0, 0.05) is 35.5 Å². The number of hydrogen-bond acceptors (Lipinski definition) is 1. The summed E-state index contributed by atoms with van der Waals surface area (Å²) < 4.78 is 2.48. The molecular formula is C8H16IN. The van der Waals surface area contributed by atoms with Crippen molar-refractivity contribution in [1.29, 1.82) is 0 Å². The molecule has 0 aromatic heterocycles. The van der Waals surface area contributed by atoms with Crippen LogP contribution in [-0.2, 0) is 0 Å². The highest BCUT2D eigenvalue weighted by molar-refractivity contribution is 14.1. The normalized spacial score (nSPS) is 29.4. The van der Waals surface area contributed by atoms with Crippen molar-refractivity contribution in [3.63, 3.8) is 0 Å². The largest absolute Gasteiger partial charge is 0.244 e. The lowest BCUT2D eigenvalue weighted by Gasteiger charge is -2.33. The molecule has 0 radical (unpaired) electrons. The first kappa shape index (κ1) is 8.78. The second-order valence-corrected chi connectivity index (χ2v) is 4.67. The van der Waals surface area contributed by atoms with Crippen LogP contribution in [0.1, 0.15) is 33.1 Å². The molecule has 1 aliphatic rings. The Morgan fingerprint density at radius 3 is 2.50 bits per heavy atom. The smallest absolute Gasteiger partial charge is 0.0217 e. The molecule has 1 rings (SSSR count). The Labute approximate surface area is 77.7 Å². The summed E-state index contributed by atoms with van der Waals surface area (Å²) in [7, 11) is 0. The van der Waals surface area contributed by atoms with E-state index >= 15 is 0 Å². The van der Waals surface area contributed by atoms with E-state index < -0.39 is 0 Å². The van der Waals surface area contributed by atoms with Crippen LogP contribution in [0.2, 0.25) is 0 Å². The average Bonchev–Trinajstić information content (AvgIpc) is 1.88. The summed E-state index contributed by atoms with van der Waals surface area (Å²) in [5.41, 5.74) is 0. The van der Waals surface area contributed by atoms with E-state index in [0.29, 0.717) is 0 Å². The van der Waals surface area contributed by atoms with Crippen LogP contribution in [0.25, 0.3) is 0 Å². The Balaban J connectivity index is 2.40. The molecule has 1 atom stereocenters. The van der Waals surface area contributed by atoms with Gasteiger partial charge in [-0.2, -0.15) is 0 Å². The lowest BCUT2D eigenvalue weighted by Crippen LogP contribution is -2.35. The number of piperidine rings is 1. The first-order chi connectivity index (χ1) is 4.72. The molecule has 0 saturated carbocycles. The Kier molecular flexibility index (Phi) is 3.43. The molecule has 0 spiro atoms. The lowest BCUT2D eigenvalue weighted by molar-refractivity contribution is 0.239. The molecule has 0 N–H and O–H groups in total. The maximum atomic E-state index is 2.48. The van der Waals surface area contributed by atoms with Crippen LogP contribution in [0, 0.1) is 5.92 Å². The first-order valence-electron chi connectivity index (χ1n) is 4.14. The molecule has 10 heavy (non-hydrogen) atoms. The molecular weight excluding hydrogens is 237 g/mol. The molecule has 1 unspecified atom stereocenters. The quantitative estimate of drug-likeness (QED) is 0.513. The van der Waals surface area contributed by atoms with E-state index in [9.17, 15) is 0 Å². The molecule has 1 fully saturated rings. The van der Waals surface area contributed by atoms with Crippen LogP contribution in [0.3, 0.4) is 0 Å². The van der Waals surface area contributed by atoms with Crippen LogP contribution < -0.4 is 0 Å². The van der Waals surface area contributed by atoms with Gasteiger partial charge in [0.2, 0.25) is 0 Å². The first-order valence-corrected chi connectivity index (χ1v) is 5.10. The Morgan fingerprint density at radius 2 is 2.10 bits per heavy atom. The van der Waals surface area contributed by atoms with Crippen molar-refractivity contribution in [1.82, 2.24) is 3.11 Å². The van der Waals surface area contributed by atoms with E-state index in [-0.39, 0.29) is 0 Å². The minimum absolute atomic E-state index is 0.831. The molecule has 0 aromatic carbocycles. The van der Waals surface area contributed by atoms with Gasteiger partial charge in [-0.25, -0.2) is 3.11 Å². The fraction of sp³-hybridized carbons (Fsp3) is 1.00. The van der Waals surface area contributed by atoms with Crippen LogP contribution >= 0.6 is 22.9 Å². The Hall–Kier alpha value is 0.690. The highest BCUT2D eigenvalue weighted by atomic mass is 127. The van der Waals surface area contributed by atoms with Gasteiger partial charge >= 0.3 is 0 Å². The maximum Gasteiger partial charge on any atom is 0.0217 e. The van der Waals surface area contributed by atoms with Gasteiger partial charge in [-0.1, -0.05) is 20.3 Å². The standard InChI is InChI=1S/C8H16IN/c1-7(2)8-5-3-4-6-10(8)9/h7-8H,3-6H2,1-2H3. The number of hydrogen-bond donors (Lipinski definition) is 0. The third-order valence-electron chi connectivity index (χ3n) is 2.25. The van der Waals surface area contributed by atoms with Crippen molar-refractivity contribution in [3.8, 4) is 0 Å². The third kappa shape index (κ3) is 2.09. The molecule has 1 nitrogen and oxygen atoms in total. The zero-order valence-electron chi connectivity index (χ0n) is 6.81. The van der Waals surface area contributed by atoms with Gasteiger partial charge in [-0.3, -0.25) is 0 Å². The highest BCUT2D eigenvalue weighted by Crippen LogP contribution is 2.25. The minimum Gasteiger partial charge on any atom is -0.244 e. The second kappa shape index (κ2) is 3.90. The van der Waals surface area contributed by atoms with Crippen molar-refractivity contribution >= 4 is 22.9 Å². The van der Waals surface area contributed by atoms with Crippen molar-refractivity contribution in [2.75, 3.05) is 6.54 Å². The zero-order valence-corrected chi connectivity index (χ0v) is 8.97. The fourth-order valence-corrected chi connectivity index (χ4v) is 2.84. The van der Waals surface area contributed by atoms with E-state index in [0.717, 1.165) is 12.0 Å². The molecule has 0 aromatic rings. The van der Waals surface area contributed by atoms with Gasteiger partial charge in [-0.05, 0) is 18.8 Å². The van der Waals surface area contributed by atoms with E-state index in [4.69, 9.17) is 0 Å². The van der Waals surface area contributed by atoms with Gasteiger partial charge in [0.05, 0.1) is 0 Å². The SMILES string of the molecule is CC(C)C1CCCCN1I. The van der Waals surface area contributed by atoms with E-state index in [1.807, 2.05) is 0 Å². The van der Waals surface area contributed by atoms with Crippen LogP contribution in [-0.4, -0.2) is 15.7 Å². The summed E-state index contributed by atoms with van der Waals surface area (Å²) in [5, 5.41) is 0. The lowest BCUT2D eigenvalue weighted by atomic mass is 9.95. The molecule has 0 bridgehead atoms. The summed E-state index contributed by atoms with van der Waals surface area (Å²) in [6.07, 6.45) is 4.23. The predicted octanol–water partition coefficient (Wildman–Crippen LogP) is 2.85. The summed E-state index contributed by atoms with van der Waals surface area (Å²) in [6.45, 7) is 5.94. The van der Waals surface area contributed by atoms with Gasteiger partial charge in [-0.15, -0.1) is 0 Å².